The van der Waals surface area contributed by atoms with Crippen LogP contribution in [0.2, 0.25) is 0 Å². The fourth-order valence-corrected chi connectivity index (χ4v) is 4.53. The maximum Gasteiger partial charge on any atom is 0.0393 e. The Balaban J connectivity index is 1.52. The molecule has 3 heteroatoms. The third-order valence-corrected chi connectivity index (χ3v) is 5.74. The molecule has 3 heterocycles. The van der Waals surface area contributed by atoms with E-state index in [2.05, 4.69) is 40.4 Å². The molecular weight excluding hydrogens is 258 g/mol. The lowest BCUT2D eigenvalue weighted by Gasteiger charge is -2.46. The van der Waals surface area contributed by atoms with E-state index in [-0.39, 0.29) is 0 Å². The second kappa shape index (κ2) is 5.53. The summed E-state index contributed by atoms with van der Waals surface area (Å²) in [5, 5.41) is 3.57. The van der Waals surface area contributed by atoms with E-state index < -0.39 is 0 Å². The first kappa shape index (κ1) is 13.4. The second-order valence-corrected chi connectivity index (χ2v) is 7.06. The molecule has 3 nitrogen and oxygen atoms in total. The van der Waals surface area contributed by atoms with Gasteiger partial charge in [0.1, 0.15) is 0 Å². The van der Waals surface area contributed by atoms with Crippen LogP contribution in [0.25, 0.3) is 0 Å². The summed E-state index contributed by atoms with van der Waals surface area (Å²) in [5.74, 6) is 0.862. The highest BCUT2D eigenvalue weighted by atomic mass is 15.2. The van der Waals surface area contributed by atoms with Crippen LogP contribution < -0.4 is 10.2 Å². The lowest BCUT2D eigenvalue weighted by atomic mass is 9.84. The molecule has 2 fully saturated rings. The molecular formula is C18H27N3. The SMILES string of the molecule is CN1CCCC2CN(c3ccc4c(c3)NCCC4)CCC21. The van der Waals surface area contributed by atoms with Crippen LogP contribution in [-0.2, 0) is 6.42 Å². The Bertz CT molecular complexity index is 513. The number of aryl methyl sites for hydroxylation is 1. The molecule has 2 unspecified atom stereocenters. The first-order valence-electron chi connectivity index (χ1n) is 8.63. The third kappa shape index (κ3) is 2.52. The van der Waals surface area contributed by atoms with E-state index in [4.69, 9.17) is 0 Å². The zero-order chi connectivity index (χ0) is 14.2. The molecule has 1 N–H and O–H groups in total. The molecule has 2 saturated heterocycles. The van der Waals surface area contributed by atoms with Gasteiger partial charge < -0.3 is 15.1 Å². The summed E-state index contributed by atoms with van der Waals surface area (Å²) in [6.45, 7) is 4.88. The van der Waals surface area contributed by atoms with Crippen molar-refractivity contribution in [3.8, 4) is 0 Å². The number of hydrogen-bond donors (Lipinski definition) is 1. The molecule has 1 aromatic rings. The van der Waals surface area contributed by atoms with Crippen LogP contribution in [0.4, 0.5) is 11.4 Å². The summed E-state index contributed by atoms with van der Waals surface area (Å²) in [4.78, 5) is 5.22. The van der Waals surface area contributed by atoms with E-state index >= 15 is 0 Å². The van der Waals surface area contributed by atoms with Crippen LogP contribution in [-0.4, -0.2) is 44.2 Å². The first-order valence-corrected chi connectivity index (χ1v) is 8.63. The molecule has 4 rings (SSSR count). The molecule has 3 aliphatic rings. The molecule has 0 aliphatic carbocycles. The van der Waals surface area contributed by atoms with Crippen molar-refractivity contribution < 1.29 is 0 Å². The van der Waals surface area contributed by atoms with Crippen molar-refractivity contribution in [2.75, 3.05) is 43.4 Å². The summed E-state index contributed by atoms with van der Waals surface area (Å²) < 4.78 is 0. The lowest BCUT2D eigenvalue weighted by molar-refractivity contribution is 0.102. The summed E-state index contributed by atoms with van der Waals surface area (Å²) in [6, 6.07) is 7.90. The van der Waals surface area contributed by atoms with E-state index in [0.29, 0.717) is 0 Å². The Kier molecular flexibility index (Phi) is 3.54. The van der Waals surface area contributed by atoms with Gasteiger partial charge in [0.2, 0.25) is 0 Å². The predicted molar refractivity (Wildman–Crippen MR) is 89.2 cm³/mol. The van der Waals surface area contributed by atoms with Gasteiger partial charge in [0.05, 0.1) is 0 Å². The summed E-state index contributed by atoms with van der Waals surface area (Å²) >= 11 is 0. The predicted octanol–water partition coefficient (Wildman–Crippen LogP) is 2.97. The largest absolute Gasteiger partial charge is 0.385 e. The standard InChI is InChI=1S/C18H27N3/c1-20-10-3-5-15-13-21(11-8-18(15)20)16-7-6-14-4-2-9-19-17(14)12-16/h6-7,12,15,18-19H,2-5,8-11,13H2,1H3. The smallest absolute Gasteiger partial charge is 0.0393 e. The monoisotopic (exact) mass is 285 g/mol. The Morgan fingerprint density at radius 1 is 1.14 bits per heavy atom. The van der Waals surface area contributed by atoms with Crippen molar-refractivity contribution in [1.29, 1.82) is 0 Å². The van der Waals surface area contributed by atoms with Crippen molar-refractivity contribution in [3.63, 3.8) is 0 Å². The van der Waals surface area contributed by atoms with Gasteiger partial charge in [-0.1, -0.05) is 6.07 Å². The van der Waals surface area contributed by atoms with Gasteiger partial charge in [0.25, 0.3) is 0 Å². The number of nitrogens with one attached hydrogen (secondary N) is 1. The molecule has 0 radical (unpaired) electrons. The number of fused-ring (bicyclic) bond motifs is 2. The zero-order valence-corrected chi connectivity index (χ0v) is 13.1. The summed E-state index contributed by atoms with van der Waals surface area (Å²) in [5.41, 5.74) is 4.30. The number of hydrogen-bond acceptors (Lipinski definition) is 3. The van der Waals surface area contributed by atoms with E-state index in [0.717, 1.165) is 18.5 Å². The number of likely N-dealkylation sites (tertiary alicyclic amines) is 1. The molecule has 0 bridgehead atoms. The Morgan fingerprint density at radius 2 is 2.10 bits per heavy atom. The Morgan fingerprint density at radius 3 is 3.05 bits per heavy atom. The molecule has 0 saturated carbocycles. The molecule has 2 atom stereocenters. The van der Waals surface area contributed by atoms with Gasteiger partial charge in [-0.3, -0.25) is 0 Å². The third-order valence-electron chi connectivity index (χ3n) is 5.74. The van der Waals surface area contributed by atoms with Crippen molar-refractivity contribution in [2.24, 2.45) is 5.92 Å². The fraction of sp³-hybridized carbons (Fsp3) is 0.667. The van der Waals surface area contributed by atoms with E-state index in [9.17, 15) is 0 Å². The number of benzene rings is 1. The van der Waals surface area contributed by atoms with Gasteiger partial charge in [-0.05, 0) is 69.3 Å². The first-order chi connectivity index (χ1) is 10.3. The minimum atomic E-state index is 0.825. The average Bonchev–Trinajstić information content (AvgIpc) is 2.54. The van der Waals surface area contributed by atoms with Gasteiger partial charge in [-0.2, -0.15) is 0 Å². The fourth-order valence-electron chi connectivity index (χ4n) is 4.53. The number of piperidine rings is 2. The minimum absolute atomic E-state index is 0.825. The van der Waals surface area contributed by atoms with Gasteiger partial charge in [-0.25, -0.2) is 0 Å². The van der Waals surface area contributed by atoms with Crippen molar-refractivity contribution >= 4 is 11.4 Å². The summed E-state index contributed by atoms with van der Waals surface area (Å²) in [7, 11) is 2.31. The topological polar surface area (TPSA) is 18.5 Å². The van der Waals surface area contributed by atoms with E-state index in [1.54, 1.807) is 0 Å². The Labute approximate surface area is 128 Å². The van der Waals surface area contributed by atoms with E-state index in [1.807, 2.05) is 0 Å². The van der Waals surface area contributed by atoms with Crippen molar-refractivity contribution in [2.45, 2.75) is 38.1 Å². The summed E-state index contributed by atoms with van der Waals surface area (Å²) in [6.07, 6.45) is 6.61. The molecule has 21 heavy (non-hydrogen) atoms. The second-order valence-electron chi connectivity index (χ2n) is 7.06. The lowest BCUT2D eigenvalue weighted by Crippen LogP contribution is -2.52. The highest BCUT2D eigenvalue weighted by Gasteiger charge is 2.34. The number of anilines is 2. The van der Waals surface area contributed by atoms with Gasteiger partial charge in [0.15, 0.2) is 0 Å². The van der Waals surface area contributed by atoms with Gasteiger partial charge in [0, 0.05) is 37.1 Å². The van der Waals surface area contributed by atoms with Crippen LogP contribution in [0, 0.1) is 5.92 Å². The van der Waals surface area contributed by atoms with Crippen LogP contribution in [0.15, 0.2) is 18.2 Å². The highest BCUT2D eigenvalue weighted by Crippen LogP contribution is 2.34. The minimum Gasteiger partial charge on any atom is -0.385 e. The Hall–Kier alpha value is -1.22. The molecule has 0 spiro atoms. The molecule has 0 aromatic heterocycles. The van der Waals surface area contributed by atoms with Crippen LogP contribution in [0.1, 0.15) is 31.2 Å². The average molecular weight is 285 g/mol. The molecule has 1 aromatic carbocycles. The zero-order valence-electron chi connectivity index (χ0n) is 13.1. The van der Waals surface area contributed by atoms with Gasteiger partial charge >= 0.3 is 0 Å². The number of rotatable bonds is 1. The highest BCUT2D eigenvalue weighted by molar-refractivity contribution is 5.63. The normalized spacial score (nSPS) is 29.5. The molecule has 114 valence electrons. The molecule has 3 aliphatic heterocycles. The van der Waals surface area contributed by atoms with Crippen molar-refractivity contribution in [3.05, 3.63) is 23.8 Å². The quantitative estimate of drug-likeness (QED) is 0.856. The van der Waals surface area contributed by atoms with Crippen LogP contribution in [0.5, 0.6) is 0 Å². The van der Waals surface area contributed by atoms with Crippen LogP contribution in [0.3, 0.4) is 0 Å². The maximum absolute atomic E-state index is 3.57. The van der Waals surface area contributed by atoms with Crippen molar-refractivity contribution in [1.82, 2.24) is 4.90 Å². The van der Waals surface area contributed by atoms with E-state index in [1.165, 1.54) is 68.7 Å². The molecule has 0 amide bonds. The maximum atomic E-state index is 3.57. The number of nitrogens with zero attached hydrogens (tertiary/aromatic N) is 2. The van der Waals surface area contributed by atoms with Gasteiger partial charge in [-0.15, -0.1) is 0 Å². The van der Waals surface area contributed by atoms with Crippen LogP contribution >= 0.6 is 0 Å².